The monoisotopic (exact) mass is 266 g/mol. The van der Waals surface area contributed by atoms with Crippen molar-refractivity contribution in [1.29, 1.82) is 0 Å². The Labute approximate surface area is 114 Å². The number of ether oxygens (including phenoxy) is 3. The molecule has 0 saturated carbocycles. The summed E-state index contributed by atoms with van der Waals surface area (Å²) in [6.07, 6.45) is 3.78. The molecule has 1 aromatic carbocycles. The fourth-order valence-corrected chi connectivity index (χ4v) is 1.48. The summed E-state index contributed by atoms with van der Waals surface area (Å²) in [4.78, 5) is 0. The zero-order valence-corrected chi connectivity index (χ0v) is 11.3. The van der Waals surface area contributed by atoms with Crippen LogP contribution in [0.15, 0.2) is 42.5 Å². The third-order valence-corrected chi connectivity index (χ3v) is 2.39. The van der Waals surface area contributed by atoms with Crippen molar-refractivity contribution in [2.24, 2.45) is 0 Å². The van der Waals surface area contributed by atoms with Gasteiger partial charge in [0.05, 0.1) is 25.9 Å². The molecular formula is C15H22O4. The van der Waals surface area contributed by atoms with Crippen molar-refractivity contribution in [3.05, 3.63) is 48.0 Å². The van der Waals surface area contributed by atoms with Gasteiger partial charge in [-0.3, -0.25) is 0 Å². The molecular weight excluding hydrogens is 244 g/mol. The first kappa shape index (κ1) is 15.9. The molecule has 0 aliphatic rings. The Kier molecular flexibility index (Phi) is 8.93. The summed E-state index contributed by atoms with van der Waals surface area (Å²) in [6.45, 7) is 1.70. The molecule has 19 heavy (non-hydrogen) atoms. The molecule has 0 saturated heterocycles. The molecule has 0 aliphatic heterocycles. The predicted molar refractivity (Wildman–Crippen MR) is 73.7 cm³/mol. The molecule has 0 spiro atoms. The molecule has 1 aromatic rings. The average Bonchev–Trinajstić information content (AvgIpc) is 2.44. The van der Waals surface area contributed by atoms with Crippen LogP contribution in [0, 0.1) is 0 Å². The number of aliphatic hydroxyl groups is 1. The van der Waals surface area contributed by atoms with Crippen molar-refractivity contribution < 1.29 is 19.3 Å². The molecule has 1 atom stereocenters. The highest BCUT2D eigenvalue weighted by atomic mass is 16.7. The van der Waals surface area contributed by atoms with E-state index in [-0.39, 0.29) is 13.4 Å². The number of aliphatic hydroxyl groups excluding tert-OH is 1. The molecule has 0 aliphatic carbocycles. The summed E-state index contributed by atoms with van der Waals surface area (Å²) in [5.74, 6) is 0. The second kappa shape index (κ2) is 10.7. The van der Waals surface area contributed by atoms with E-state index in [9.17, 15) is 5.11 Å². The minimum atomic E-state index is -0.593. The van der Waals surface area contributed by atoms with Crippen LogP contribution in [0.25, 0.3) is 0 Å². The zero-order valence-electron chi connectivity index (χ0n) is 11.3. The Hall–Kier alpha value is -1.20. The van der Waals surface area contributed by atoms with Crippen molar-refractivity contribution >= 4 is 0 Å². The molecule has 106 valence electrons. The largest absolute Gasteiger partial charge is 0.387 e. The molecule has 4 nitrogen and oxygen atoms in total. The van der Waals surface area contributed by atoms with E-state index < -0.39 is 6.10 Å². The summed E-state index contributed by atoms with van der Waals surface area (Å²) < 4.78 is 15.3. The quantitative estimate of drug-likeness (QED) is 0.400. The van der Waals surface area contributed by atoms with Crippen LogP contribution in [0.2, 0.25) is 0 Å². The Bertz CT molecular complexity index is 337. The Morgan fingerprint density at radius 1 is 1.21 bits per heavy atom. The summed E-state index contributed by atoms with van der Waals surface area (Å²) >= 11 is 0. The van der Waals surface area contributed by atoms with Gasteiger partial charge in [0, 0.05) is 7.11 Å². The van der Waals surface area contributed by atoms with Gasteiger partial charge in [0.15, 0.2) is 0 Å². The van der Waals surface area contributed by atoms with Crippen LogP contribution in [0.3, 0.4) is 0 Å². The Morgan fingerprint density at radius 3 is 2.74 bits per heavy atom. The maximum atomic E-state index is 9.50. The van der Waals surface area contributed by atoms with Crippen molar-refractivity contribution in [3.8, 4) is 0 Å². The van der Waals surface area contributed by atoms with Gasteiger partial charge in [-0.05, 0) is 12.0 Å². The van der Waals surface area contributed by atoms with Crippen molar-refractivity contribution in [2.75, 3.05) is 27.1 Å². The molecule has 0 bridgehead atoms. The number of benzene rings is 1. The van der Waals surface area contributed by atoms with E-state index in [0.29, 0.717) is 13.2 Å². The smallest absolute Gasteiger partial charge is 0.146 e. The van der Waals surface area contributed by atoms with Crippen LogP contribution >= 0.6 is 0 Å². The average molecular weight is 266 g/mol. The lowest BCUT2D eigenvalue weighted by atomic mass is 10.2. The normalized spacial score (nSPS) is 12.9. The fourth-order valence-electron chi connectivity index (χ4n) is 1.48. The van der Waals surface area contributed by atoms with Crippen LogP contribution in [0.4, 0.5) is 0 Å². The first-order valence-electron chi connectivity index (χ1n) is 6.36. The van der Waals surface area contributed by atoms with Gasteiger partial charge >= 0.3 is 0 Å². The highest BCUT2D eigenvalue weighted by Crippen LogP contribution is 2.01. The van der Waals surface area contributed by atoms with E-state index in [1.807, 2.05) is 36.4 Å². The van der Waals surface area contributed by atoms with E-state index in [1.54, 1.807) is 13.2 Å². The molecule has 0 fully saturated rings. The van der Waals surface area contributed by atoms with Crippen LogP contribution < -0.4 is 0 Å². The second-order valence-electron chi connectivity index (χ2n) is 4.10. The lowest BCUT2D eigenvalue weighted by Gasteiger charge is -2.06. The van der Waals surface area contributed by atoms with Crippen molar-refractivity contribution in [1.82, 2.24) is 0 Å². The van der Waals surface area contributed by atoms with E-state index in [4.69, 9.17) is 14.2 Å². The maximum Gasteiger partial charge on any atom is 0.146 e. The SMILES string of the molecule is COCOC[C@H](O)/C=C/CCOCc1ccccc1. The summed E-state index contributed by atoms with van der Waals surface area (Å²) in [5, 5.41) is 9.50. The zero-order chi connectivity index (χ0) is 13.8. The van der Waals surface area contributed by atoms with Gasteiger partial charge < -0.3 is 19.3 Å². The standard InChI is InChI=1S/C15H22O4/c1-17-13-19-12-15(16)9-5-6-10-18-11-14-7-3-2-4-8-14/h2-5,7-9,15-16H,6,10-13H2,1H3/b9-5+/t15-/m1/s1. The molecule has 1 rings (SSSR count). The van der Waals surface area contributed by atoms with Crippen LogP contribution in [-0.4, -0.2) is 38.3 Å². The number of methoxy groups -OCH3 is 1. The molecule has 4 heteroatoms. The topological polar surface area (TPSA) is 47.9 Å². The van der Waals surface area contributed by atoms with Crippen LogP contribution in [0.5, 0.6) is 0 Å². The third-order valence-electron chi connectivity index (χ3n) is 2.39. The third kappa shape index (κ3) is 8.51. The Morgan fingerprint density at radius 2 is 2.00 bits per heavy atom. The Balaban J connectivity index is 2.01. The molecule has 0 heterocycles. The summed E-state index contributed by atoms with van der Waals surface area (Å²) in [7, 11) is 1.55. The highest BCUT2D eigenvalue weighted by molar-refractivity contribution is 5.13. The molecule has 0 unspecified atom stereocenters. The fraction of sp³-hybridized carbons (Fsp3) is 0.467. The van der Waals surface area contributed by atoms with Crippen LogP contribution in [0.1, 0.15) is 12.0 Å². The van der Waals surface area contributed by atoms with E-state index in [1.165, 1.54) is 5.56 Å². The maximum absolute atomic E-state index is 9.50. The minimum Gasteiger partial charge on any atom is -0.387 e. The van der Waals surface area contributed by atoms with Gasteiger partial charge in [-0.2, -0.15) is 0 Å². The van der Waals surface area contributed by atoms with Gasteiger partial charge in [-0.25, -0.2) is 0 Å². The number of hydrogen-bond acceptors (Lipinski definition) is 4. The first-order valence-corrected chi connectivity index (χ1v) is 6.36. The van der Waals surface area contributed by atoms with E-state index in [2.05, 4.69) is 0 Å². The second-order valence-corrected chi connectivity index (χ2v) is 4.10. The minimum absolute atomic E-state index is 0.199. The first-order chi connectivity index (χ1) is 9.33. The van der Waals surface area contributed by atoms with Crippen molar-refractivity contribution in [2.45, 2.75) is 19.1 Å². The van der Waals surface area contributed by atoms with Crippen molar-refractivity contribution in [3.63, 3.8) is 0 Å². The summed E-state index contributed by atoms with van der Waals surface area (Å²) in [6, 6.07) is 10.0. The molecule has 1 N–H and O–H groups in total. The molecule has 0 radical (unpaired) electrons. The van der Waals surface area contributed by atoms with Crippen LogP contribution in [-0.2, 0) is 20.8 Å². The molecule has 0 aromatic heterocycles. The van der Waals surface area contributed by atoms with Gasteiger partial charge in [-0.15, -0.1) is 0 Å². The van der Waals surface area contributed by atoms with E-state index in [0.717, 1.165) is 6.42 Å². The summed E-state index contributed by atoms with van der Waals surface area (Å²) in [5.41, 5.74) is 1.17. The van der Waals surface area contributed by atoms with Gasteiger partial charge in [0.2, 0.25) is 0 Å². The van der Waals surface area contributed by atoms with Gasteiger partial charge in [-0.1, -0.05) is 42.5 Å². The predicted octanol–water partition coefficient (Wildman–Crippen LogP) is 2.13. The lowest BCUT2D eigenvalue weighted by Crippen LogP contribution is -2.13. The number of hydrogen-bond donors (Lipinski definition) is 1. The van der Waals surface area contributed by atoms with Gasteiger partial charge in [0.1, 0.15) is 6.79 Å². The lowest BCUT2D eigenvalue weighted by molar-refractivity contribution is -0.0528. The molecule has 0 amide bonds. The highest BCUT2D eigenvalue weighted by Gasteiger charge is 1.97. The number of rotatable bonds is 10. The van der Waals surface area contributed by atoms with Gasteiger partial charge in [0.25, 0.3) is 0 Å². The van der Waals surface area contributed by atoms with E-state index >= 15 is 0 Å².